The van der Waals surface area contributed by atoms with E-state index in [0.29, 0.717) is 11.3 Å². The molecule has 0 bridgehead atoms. The van der Waals surface area contributed by atoms with Gasteiger partial charge in [-0.2, -0.15) is 0 Å². The van der Waals surface area contributed by atoms with Crippen LogP contribution in [0.5, 0.6) is 0 Å². The van der Waals surface area contributed by atoms with E-state index in [1.165, 1.54) is 17.1 Å². The molecule has 1 aromatic carbocycles. The second-order valence-electron chi connectivity index (χ2n) is 3.86. The van der Waals surface area contributed by atoms with Crippen LogP contribution in [0.3, 0.4) is 0 Å². The van der Waals surface area contributed by atoms with Gasteiger partial charge in [0.25, 0.3) is 0 Å². The van der Waals surface area contributed by atoms with Crippen molar-refractivity contribution in [2.45, 2.75) is 26.2 Å². The topological polar surface area (TPSA) is 43.6 Å². The zero-order valence-electron chi connectivity index (χ0n) is 9.56. The van der Waals surface area contributed by atoms with Crippen molar-refractivity contribution < 1.29 is 4.39 Å². The van der Waals surface area contributed by atoms with E-state index in [4.69, 9.17) is 11.6 Å². The lowest BCUT2D eigenvalue weighted by atomic mass is 9.96. The number of halogens is 2. The minimum absolute atomic E-state index is 0.0490. The van der Waals surface area contributed by atoms with Crippen LogP contribution in [0.1, 0.15) is 31.7 Å². The molecule has 0 amide bonds. The summed E-state index contributed by atoms with van der Waals surface area (Å²) in [4.78, 5) is 0. The molecular weight excluding hydrogens is 243 g/mol. The van der Waals surface area contributed by atoms with Gasteiger partial charge in [0.05, 0.1) is 10.7 Å². The van der Waals surface area contributed by atoms with Gasteiger partial charge in [-0.25, -0.2) is 9.07 Å². The Hall–Kier alpha value is -1.49. The van der Waals surface area contributed by atoms with Crippen molar-refractivity contribution >= 4 is 11.6 Å². The van der Waals surface area contributed by atoms with Crippen LogP contribution in [0.15, 0.2) is 18.5 Å². The van der Waals surface area contributed by atoms with Gasteiger partial charge in [-0.3, -0.25) is 0 Å². The summed E-state index contributed by atoms with van der Waals surface area (Å²) >= 11 is 5.81. The Kier molecular flexibility index (Phi) is 3.38. The van der Waals surface area contributed by atoms with Gasteiger partial charge in [0.15, 0.2) is 0 Å². The molecule has 0 N–H and O–H groups in total. The van der Waals surface area contributed by atoms with Crippen LogP contribution in [0.4, 0.5) is 4.39 Å². The van der Waals surface area contributed by atoms with Crippen LogP contribution in [0.25, 0.3) is 5.69 Å². The molecule has 0 fully saturated rings. The number of rotatable bonds is 3. The minimum Gasteiger partial charge on any atom is -0.205 e. The molecule has 4 nitrogen and oxygen atoms in total. The standard InChI is InChI=1S/C11H12ClFN4/c1-3-7(2)10-9(17-6-14-15-16-17)5-4-8(12)11(10)13/h4-7H,3H2,1-2H3. The van der Waals surface area contributed by atoms with Crippen molar-refractivity contribution in [3.8, 4) is 5.69 Å². The second-order valence-corrected chi connectivity index (χ2v) is 4.27. The first-order chi connectivity index (χ1) is 8.15. The molecule has 1 aromatic heterocycles. The van der Waals surface area contributed by atoms with Crippen LogP contribution < -0.4 is 0 Å². The van der Waals surface area contributed by atoms with Gasteiger partial charge >= 0.3 is 0 Å². The van der Waals surface area contributed by atoms with Gasteiger partial charge in [-0.15, -0.1) is 5.10 Å². The summed E-state index contributed by atoms with van der Waals surface area (Å²) in [5.41, 5.74) is 1.18. The van der Waals surface area contributed by atoms with Crippen molar-refractivity contribution in [1.82, 2.24) is 20.2 Å². The summed E-state index contributed by atoms with van der Waals surface area (Å²) in [6, 6.07) is 3.24. The minimum atomic E-state index is -0.394. The highest BCUT2D eigenvalue weighted by Crippen LogP contribution is 2.31. The predicted molar refractivity (Wildman–Crippen MR) is 62.8 cm³/mol. The number of hydrogen-bond acceptors (Lipinski definition) is 3. The molecule has 1 unspecified atom stereocenters. The Labute approximate surface area is 103 Å². The predicted octanol–water partition coefficient (Wildman–Crippen LogP) is 2.97. The zero-order chi connectivity index (χ0) is 12.4. The summed E-state index contributed by atoms with van der Waals surface area (Å²) in [7, 11) is 0. The molecule has 0 saturated heterocycles. The Morgan fingerprint density at radius 1 is 1.47 bits per heavy atom. The van der Waals surface area contributed by atoms with Crippen LogP contribution >= 0.6 is 11.6 Å². The van der Waals surface area contributed by atoms with E-state index >= 15 is 0 Å². The number of tetrazole rings is 1. The van der Waals surface area contributed by atoms with Crippen LogP contribution in [0, 0.1) is 5.82 Å². The maximum absolute atomic E-state index is 14.1. The molecule has 1 heterocycles. The molecule has 17 heavy (non-hydrogen) atoms. The fourth-order valence-electron chi connectivity index (χ4n) is 1.70. The van der Waals surface area contributed by atoms with Crippen molar-refractivity contribution in [3.05, 3.63) is 34.9 Å². The number of aromatic nitrogens is 4. The first-order valence-electron chi connectivity index (χ1n) is 5.36. The van der Waals surface area contributed by atoms with Gasteiger partial charge in [0.2, 0.25) is 0 Å². The molecule has 90 valence electrons. The van der Waals surface area contributed by atoms with Crippen molar-refractivity contribution in [2.24, 2.45) is 0 Å². The first kappa shape index (κ1) is 12.0. The molecule has 6 heteroatoms. The lowest BCUT2D eigenvalue weighted by molar-refractivity contribution is 0.578. The molecular formula is C11H12ClFN4. The number of benzene rings is 1. The van der Waals surface area contributed by atoms with Crippen molar-refractivity contribution in [2.75, 3.05) is 0 Å². The maximum atomic E-state index is 14.1. The van der Waals surface area contributed by atoms with Gasteiger partial charge in [0.1, 0.15) is 12.1 Å². The van der Waals surface area contributed by atoms with Gasteiger partial charge in [-0.05, 0) is 34.9 Å². The van der Waals surface area contributed by atoms with Crippen LogP contribution in [0.2, 0.25) is 5.02 Å². The van der Waals surface area contributed by atoms with Gasteiger partial charge in [-0.1, -0.05) is 25.4 Å². The molecule has 0 radical (unpaired) electrons. The highest BCUT2D eigenvalue weighted by Gasteiger charge is 2.18. The first-order valence-corrected chi connectivity index (χ1v) is 5.74. The quantitative estimate of drug-likeness (QED) is 0.846. The number of hydrogen-bond donors (Lipinski definition) is 0. The molecule has 2 aromatic rings. The van der Waals surface area contributed by atoms with Gasteiger partial charge in [0, 0.05) is 5.56 Å². The normalized spacial score (nSPS) is 12.7. The summed E-state index contributed by atoms with van der Waals surface area (Å²) in [5, 5.41) is 11.0. The van der Waals surface area contributed by atoms with Crippen LogP contribution in [-0.4, -0.2) is 20.2 Å². The third kappa shape index (κ3) is 2.15. The van der Waals surface area contributed by atoms with E-state index in [2.05, 4.69) is 15.5 Å². The third-order valence-corrected chi connectivity index (χ3v) is 3.10. The molecule has 0 saturated carbocycles. The van der Waals surface area contributed by atoms with E-state index < -0.39 is 5.82 Å². The highest BCUT2D eigenvalue weighted by atomic mass is 35.5. The van der Waals surface area contributed by atoms with E-state index in [1.54, 1.807) is 6.07 Å². The second kappa shape index (κ2) is 4.79. The molecule has 0 aliphatic carbocycles. The fourth-order valence-corrected chi connectivity index (χ4v) is 1.87. The third-order valence-electron chi connectivity index (χ3n) is 2.81. The average Bonchev–Trinajstić information content (AvgIpc) is 2.85. The largest absolute Gasteiger partial charge is 0.205 e. The molecule has 0 spiro atoms. The molecule has 2 rings (SSSR count). The zero-order valence-corrected chi connectivity index (χ0v) is 10.3. The molecule has 1 atom stereocenters. The monoisotopic (exact) mass is 254 g/mol. The lowest BCUT2D eigenvalue weighted by Gasteiger charge is -2.15. The number of nitrogens with zero attached hydrogens (tertiary/aromatic N) is 4. The summed E-state index contributed by atoms with van der Waals surface area (Å²) in [5.74, 6) is -0.345. The fraction of sp³-hybridized carbons (Fsp3) is 0.364. The SMILES string of the molecule is CCC(C)c1c(-n2cnnn2)ccc(Cl)c1F. The summed E-state index contributed by atoms with van der Waals surface area (Å²) in [6.07, 6.45) is 2.25. The van der Waals surface area contributed by atoms with E-state index in [0.717, 1.165) is 6.42 Å². The van der Waals surface area contributed by atoms with E-state index in [9.17, 15) is 4.39 Å². The summed E-state index contributed by atoms with van der Waals surface area (Å²) < 4.78 is 15.5. The van der Waals surface area contributed by atoms with E-state index in [-0.39, 0.29) is 10.9 Å². The maximum Gasteiger partial charge on any atom is 0.147 e. The Morgan fingerprint density at radius 3 is 2.82 bits per heavy atom. The van der Waals surface area contributed by atoms with Gasteiger partial charge < -0.3 is 0 Å². The smallest absolute Gasteiger partial charge is 0.147 e. The van der Waals surface area contributed by atoms with Crippen molar-refractivity contribution in [1.29, 1.82) is 0 Å². The Balaban J connectivity index is 2.63. The highest BCUT2D eigenvalue weighted by molar-refractivity contribution is 6.30. The Morgan fingerprint density at radius 2 is 2.24 bits per heavy atom. The van der Waals surface area contributed by atoms with Crippen molar-refractivity contribution in [3.63, 3.8) is 0 Å². The van der Waals surface area contributed by atoms with E-state index in [1.807, 2.05) is 13.8 Å². The average molecular weight is 255 g/mol. The molecule has 0 aliphatic heterocycles. The summed E-state index contributed by atoms with van der Waals surface area (Å²) in [6.45, 7) is 3.94. The Bertz CT molecular complexity index is 512. The van der Waals surface area contributed by atoms with Crippen LogP contribution in [-0.2, 0) is 0 Å². The lowest BCUT2D eigenvalue weighted by Crippen LogP contribution is -2.06. The molecule has 0 aliphatic rings.